The number of carboxylic acids is 1. The van der Waals surface area contributed by atoms with Crippen molar-refractivity contribution in [3.63, 3.8) is 0 Å². The maximum Gasteiger partial charge on any atom is 0.352 e. The number of carbonyl (C=O) groups excluding carboxylic acids is 1. The van der Waals surface area contributed by atoms with Crippen LogP contribution in [0.5, 0.6) is 0 Å². The van der Waals surface area contributed by atoms with Gasteiger partial charge in [-0.15, -0.1) is 0 Å². The average Bonchev–Trinajstić information content (AvgIpc) is 3.18. The van der Waals surface area contributed by atoms with E-state index < -0.39 is 5.97 Å². The fraction of sp³-hybridized carbons (Fsp3) is 0.0556. The van der Waals surface area contributed by atoms with E-state index in [2.05, 4.69) is 10.4 Å². The fourth-order valence-electron chi connectivity index (χ4n) is 2.86. The van der Waals surface area contributed by atoms with E-state index in [9.17, 15) is 14.7 Å². The quantitative estimate of drug-likeness (QED) is 0.717. The molecule has 25 heavy (non-hydrogen) atoms. The SMILES string of the molecule is O=C(O)c1cc2ccccc2n1/C=C1\CNN(c2ccccn2)C1=O. The number of anilines is 1. The number of para-hydroxylation sites is 1. The van der Waals surface area contributed by atoms with Crippen LogP contribution in [0.15, 0.2) is 60.3 Å². The molecule has 0 saturated carbocycles. The van der Waals surface area contributed by atoms with Crippen molar-refractivity contribution in [2.24, 2.45) is 0 Å². The van der Waals surface area contributed by atoms with Crippen molar-refractivity contribution in [3.8, 4) is 0 Å². The van der Waals surface area contributed by atoms with Gasteiger partial charge in [-0.1, -0.05) is 24.3 Å². The lowest BCUT2D eigenvalue weighted by molar-refractivity contribution is -0.114. The molecule has 1 saturated heterocycles. The summed E-state index contributed by atoms with van der Waals surface area (Å²) in [4.78, 5) is 28.4. The molecule has 0 unspecified atom stereocenters. The second kappa shape index (κ2) is 5.88. The Bertz CT molecular complexity index is 1010. The summed E-state index contributed by atoms with van der Waals surface area (Å²) < 4.78 is 1.54. The van der Waals surface area contributed by atoms with Crippen LogP contribution in [0.25, 0.3) is 17.1 Å². The van der Waals surface area contributed by atoms with Gasteiger partial charge in [0.1, 0.15) is 11.5 Å². The average molecular weight is 334 g/mol. The third-order valence-corrected chi connectivity index (χ3v) is 4.04. The van der Waals surface area contributed by atoms with Crippen LogP contribution < -0.4 is 10.4 Å². The van der Waals surface area contributed by atoms with Gasteiger partial charge >= 0.3 is 5.97 Å². The van der Waals surface area contributed by atoms with Crippen molar-refractivity contribution in [1.82, 2.24) is 15.0 Å². The Morgan fingerprint density at radius 1 is 1.20 bits per heavy atom. The molecule has 4 rings (SSSR count). The maximum absolute atomic E-state index is 12.6. The van der Waals surface area contributed by atoms with Gasteiger partial charge in [0.2, 0.25) is 0 Å². The summed E-state index contributed by atoms with van der Waals surface area (Å²) in [7, 11) is 0. The summed E-state index contributed by atoms with van der Waals surface area (Å²) in [6.45, 7) is 0.293. The van der Waals surface area contributed by atoms with Gasteiger partial charge in [0, 0.05) is 24.3 Å². The molecule has 3 heterocycles. The van der Waals surface area contributed by atoms with E-state index in [1.807, 2.05) is 24.3 Å². The molecule has 7 nitrogen and oxygen atoms in total. The minimum absolute atomic E-state index is 0.109. The smallest absolute Gasteiger partial charge is 0.352 e. The highest BCUT2D eigenvalue weighted by Gasteiger charge is 2.28. The highest BCUT2D eigenvalue weighted by Crippen LogP contribution is 2.23. The molecular formula is C18H14N4O3. The molecule has 1 aromatic carbocycles. The number of carbonyl (C=O) groups is 2. The Hall–Kier alpha value is -3.45. The molecule has 0 spiro atoms. The summed E-state index contributed by atoms with van der Waals surface area (Å²) >= 11 is 0. The number of carboxylic acid groups (broad SMARTS) is 1. The van der Waals surface area contributed by atoms with Crippen molar-refractivity contribution >= 4 is 34.8 Å². The second-order valence-electron chi connectivity index (χ2n) is 5.58. The summed E-state index contributed by atoms with van der Waals surface area (Å²) in [5, 5.41) is 11.6. The molecule has 0 atom stereocenters. The minimum Gasteiger partial charge on any atom is -0.477 e. The predicted octanol–water partition coefficient (Wildman–Crippen LogP) is 2.13. The highest BCUT2D eigenvalue weighted by molar-refractivity contribution is 6.09. The number of rotatable bonds is 3. The van der Waals surface area contributed by atoms with Gasteiger partial charge in [0.15, 0.2) is 0 Å². The molecule has 2 aromatic heterocycles. The number of benzene rings is 1. The molecule has 1 aliphatic rings. The molecule has 0 radical (unpaired) electrons. The number of pyridine rings is 1. The summed E-state index contributed by atoms with van der Waals surface area (Å²) in [6.07, 6.45) is 3.18. The molecule has 3 aromatic rings. The van der Waals surface area contributed by atoms with E-state index in [1.54, 1.807) is 36.7 Å². The van der Waals surface area contributed by atoms with Gasteiger partial charge in [0.25, 0.3) is 5.91 Å². The maximum atomic E-state index is 12.6. The topological polar surface area (TPSA) is 87.5 Å². The van der Waals surface area contributed by atoms with E-state index in [-0.39, 0.29) is 11.6 Å². The van der Waals surface area contributed by atoms with Gasteiger partial charge in [-0.3, -0.25) is 4.79 Å². The molecular weight excluding hydrogens is 320 g/mol. The number of aromatic carboxylic acids is 1. The zero-order valence-corrected chi connectivity index (χ0v) is 13.1. The van der Waals surface area contributed by atoms with Gasteiger partial charge in [-0.05, 0) is 24.3 Å². The van der Waals surface area contributed by atoms with E-state index in [4.69, 9.17) is 0 Å². The third kappa shape index (κ3) is 2.56. The van der Waals surface area contributed by atoms with Crippen LogP contribution >= 0.6 is 0 Å². The number of fused-ring (bicyclic) bond motifs is 1. The number of amides is 1. The molecule has 0 aliphatic carbocycles. The van der Waals surface area contributed by atoms with Crippen molar-refractivity contribution in [2.75, 3.05) is 11.6 Å². The minimum atomic E-state index is -1.05. The zero-order valence-electron chi connectivity index (χ0n) is 13.1. The number of aromatic nitrogens is 2. The highest BCUT2D eigenvalue weighted by atomic mass is 16.4. The monoisotopic (exact) mass is 334 g/mol. The lowest BCUT2D eigenvalue weighted by Crippen LogP contribution is -2.34. The van der Waals surface area contributed by atoms with Crippen LogP contribution in [0.2, 0.25) is 0 Å². The van der Waals surface area contributed by atoms with E-state index in [0.717, 1.165) is 10.9 Å². The van der Waals surface area contributed by atoms with Gasteiger partial charge < -0.3 is 9.67 Å². The van der Waals surface area contributed by atoms with Crippen LogP contribution in [0.4, 0.5) is 5.82 Å². The first-order chi connectivity index (χ1) is 12.1. The van der Waals surface area contributed by atoms with Crippen molar-refractivity contribution in [3.05, 3.63) is 66.0 Å². The first kappa shape index (κ1) is 15.1. The van der Waals surface area contributed by atoms with Crippen LogP contribution in [-0.2, 0) is 4.79 Å². The molecule has 1 fully saturated rings. The van der Waals surface area contributed by atoms with Crippen LogP contribution in [0.1, 0.15) is 10.5 Å². The molecule has 2 N–H and O–H groups in total. The Balaban J connectivity index is 1.77. The van der Waals surface area contributed by atoms with Gasteiger partial charge in [0.05, 0.1) is 11.1 Å². The van der Waals surface area contributed by atoms with Crippen molar-refractivity contribution in [1.29, 1.82) is 0 Å². The van der Waals surface area contributed by atoms with E-state index in [0.29, 0.717) is 17.9 Å². The van der Waals surface area contributed by atoms with Gasteiger partial charge in [-0.2, -0.15) is 0 Å². The fourth-order valence-corrected chi connectivity index (χ4v) is 2.86. The Kier molecular flexibility index (Phi) is 3.55. The summed E-state index contributed by atoms with van der Waals surface area (Å²) in [5.41, 5.74) is 4.27. The van der Waals surface area contributed by atoms with Gasteiger partial charge in [-0.25, -0.2) is 20.2 Å². The Labute approximate surface area is 142 Å². The number of hydrogen-bond donors (Lipinski definition) is 2. The summed E-state index contributed by atoms with van der Waals surface area (Å²) in [5.74, 6) is -0.812. The molecule has 7 heteroatoms. The lowest BCUT2D eigenvalue weighted by Gasteiger charge is -2.13. The summed E-state index contributed by atoms with van der Waals surface area (Å²) in [6, 6.07) is 14.2. The van der Waals surface area contributed by atoms with Crippen molar-refractivity contribution < 1.29 is 14.7 Å². The lowest BCUT2D eigenvalue weighted by atomic mass is 10.2. The Morgan fingerprint density at radius 3 is 2.76 bits per heavy atom. The standard InChI is InChI=1S/C18H14N4O3/c23-17-13(10-20-22(17)16-7-3-4-8-19-16)11-21-14-6-2-1-5-12(14)9-15(21)18(24)25/h1-9,11,20H,10H2,(H,24,25)/b13-11+. The molecule has 0 bridgehead atoms. The number of nitrogens with one attached hydrogen (secondary N) is 1. The molecule has 1 aliphatic heterocycles. The molecule has 124 valence electrons. The first-order valence-electron chi connectivity index (χ1n) is 7.68. The third-order valence-electron chi connectivity index (χ3n) is 4.04. The number of hydrogen-bond acceptors (Lipinski definition) is 4. The Morgan fingerprint density at radius 2 is 2.00 bits per heavy atom. The van der Waals surface area contributed by atoms with E-state index >= 15 is 0 Å². The predicted molar refractivity (Wildman–Crippen MR) is 92.9 cm³/mol. The van der Waals surface area contributed by atoms with Crippen molar-refractivity contribution in [2.45, 2.75) is 0 Å². The largest absolute Gasteiger partial charge is 0.477 e. The van der Waals surface area contributed by atoms with Crippen LogP contribution in [0.3, 0.4) is 0 Å². The number of hydrazine groups is 1. The normalized spacial score (nSPS) is 16.1. The van der Waals surface area contributed by atoms with Crippen LogP contribution in [-0.4, -0.2) is 33.1 Å². The molecule has 1 amide bonds. The van der Waals surface area contributed by atoms with E-state index in [1.165, 1.54) is 9.58 Å². The zero-order chi connectivity index (χ0) is 17.4. The first-order valence-corrected chi connectivity index (χ1v) is 7.68. The second-order valence-corrected chi connectivity index (χ2v) is 5.58. The van der Waals surface area contributed by atoms with Crippen LogP contribution in [0, 0.1) is 0 Å². The number of nitrogens with zero attached hydrogens (tertiary/aromatic N) is 3.